The Morgan fingerprint density at radius 3 is 1.96 bits per heavy atom. The quantitative estimate of drug-likeness (QED) is 0.176. The summed E-state index contributed by atoms with van der Waals surface area (Å²) >= 11 is 1.89. The van der Waals surface area contributed by atoms with E-state index in [1.54, 1.807) is 0 Å². The van der Waals surface area contributed by atoms with Gasteiger partial charge in [0.25, 0.3) is 0 Å². The molecule has 0 N–H and O–H groups in total. The third-order valence-corrected chi connectivity index (χ3v) is 13.1. The fourth-order valence-corrected chi connectivity index (χ4v) is 10.5. The van der Waals surface area contributed by atoms with Gasteiger partial charge < -0.3 is 9.47 Å². The van der Waals surface area contributed by atoms with Gasteiger partial charge in [-0.05, 0) is 80.7 Å². The number of hydrogen-bond donors (Lipinski definition) is 0. The molecule has 3 heterocycles. The van der Waals surface area contributed by atoms with Gasteiger partial charge in [-0.1, -0.05) is 146 Å². The molecule has 57 heavy (non-hydrogen) atoms. The van der Waals surface area contributed by atoms with Gasteiger partial charge in [-0.25, -0.2) is 0 Å². The van der Waals surface area contributed by atoms with Crippen LogP contribution in [0.1, 0.15) is 22.9 Å². The predicted octanol–water partition coefficient (Wildman–Crippen LogP) is 14.1. The van der Waals surface area contributed by atoms with Gasteiger partial charge in [-0.2, -0.15) is 0 Å². The van der Waals surface area contributed by atoms with E-state index in [0.717, 1.165) is 28.1 Å². The molecule has 268 valence electrons. The summed E-state index contributed by atoms with van der Waals surface area (Å²) in [5.41, 5.74) is 11.7. The van der Waals surface area contributed by atoms with Crippen molar-refractivity contribution in [1.82, 2.24) is 4.57 Å². The molecule has 0 amide bonds. The average molecular weight is 746 g/mol. The Morgan fingerprint density at radius 2 is 1.16 bits per heavy atom. The van der Waals surface area contributed by atoms with Crippen molar-refractivity contribution >= 4 is 86.3 Å². The van der Waals surface area contributed by atoms with Crippen molar-refractivity contribution in [3.63, 3.8) is 0 Å². The van der Waals surface area contributed by atoms with Crippen LogP contribution in [0.15, 0.2) is 193 Å². The topological polar surface area (TPSA) is 20.5 Å². The molecule has 1 aliphatic rings. The number of aliphatic imine (C=N–C) groups is 1. The van der Waals surface area contributed by atoms with Gasteiger partial charge in [-0.15, -0.1) is 11.3 Å². The van der Waals surface area contributed by atoms with E-state index in [-0.39, 0.29) is 6.17 Å². The number of rotatable bonds is 4. The summed E-state index contributed by atoms with van der Waals surface area (Å²) in [7, 11) is 2.16. The summed E-state index contributed by atoms with van der Waals surface area (Å²) in [5.74, 6) is 0. The highest BCUT2D eigenvalue weighted by Crippen LogP contribution is 2.46. The first-order chi connectivity index (χ1) is 28.2. The van der Waals surface area contributed by atoms with E-state index >= 15 is 0 Å². The monoisotopic (exact) mass is 745 g/mol. The number of hydrogen-bond acceptors (Lipinski definition) is 3. The Hall–Kier alpha value is -7.01. The fraction of sp³-hybridized carbons (Fsp3) is 0.0377. The number of nitrogens with zero attached hydrogens (tertiary/aromatic N) is 3. The number of fused-ring (bicyclic) bond motifs is 11. The lowest BCUT2D eigenvalue weighted by Gasteiger charge is -2.34. The number of anilines is 1. The second-order valence-electron chi connectivity index (χ2n) is 15.1. The van der Waals surface area contributed by atoms with Crippen molar-refractivity contribution in [2.45, 2.75) is 6.17 Å². The zero-order valence-electron chi connectivity index (χ0n) is 31.2. The lowest BCUT2D eigenvalue weighted by Crippen LogP contribution is -2.30. The highest BCUT2D eigenvalue weighted by atomic mass is 32.1. The fourth-order valence-electron chi connectivity index (χ4n) is 9.36. The van der Waals surface area contributed by atoms with Crippen LogP contribution in [0.3, 0.4) is 0 Å². The summed E-state index contributed by atoms with van der Waals surface area (Å²) in [4.78, 5) is 7.73. The van der Waals surface area contributed by atoms with E-state index in [4.69, 9.17) is 4.99 Å². The smallest absolute Gasteiger partial charge is 0.147 e. The number of aromatic nitrogens is 1. The van der Waals surface area contributed by atoms with Crippen LogP contribution >= 0.6 is 11.3 Å². The molecule has 0 spiro atoms. The molecule has 0 saturated carbocycles. The molecular formula is C53H35N3S. The second kappa shape index (κ2) is 12.5. The summed E-state index contributed by atoms with van der Waals surface area (Å²) in [6.45, 7) is 0. The van der Waals surface area contributed by atoms with Gasteiger partial charge in [0.15, 0.2) is 0 Å². The first-order valence-electron chi connectivity index (χ1n) is 19.5. The summed E-state index contributed by atoms with van der Waals surface area (Å²) in [6.07, 6.45) is -0.163. The molecule has 12 rings (SSSR count). The molecule has 3 nitrogen and oxygen atoms in total. The number of para-hydroxylation sites is 1. The molecule has 0 aliphatic carbocycles. The largest absolute Gasteiger partial charge is 0.349 e. The SMILES string of the molecule is CN1c2ccccc2C(c2ccccc2)=NC1c1ccc(-n2c3cc4sc5ccc6ccccc6c5c4cc3c3c4ccccc4c(-c4ccccc4)cc32)cc1. The first kappa shape index (κ1) is 32.3. The molecular weight excluding hydrogens is 711 g/mol. The minimum absolute atomic E-state index is 0.163. The average Bonchev–Trinajstić information content (AvgIpc) is 3.81. The maximum atomic E-state index is 5.43. The Kier molecular flexibility index (Phi) is 7.08. The van der Waals surface area contributed by atoms with Crippen molar-refractivity contribution in [2.75, 3.05) is 11.9 Å². The zero-order valence-corrected chi connectivity index (χ0v) is 32.0. The van der Waals surface area contributed by atoms with Crippen LogP contribution in [0.5, 0.6) is 0 Å². The van der Waals surface area contributed by atoms with E-state index in [2.05, 4.69) is 205 Å². The Labute approximate surface area is 334 Å². The lowest BCUT2D eigenvalue weighted by molar-refractivity contribution is 0.698. The summed E-state index contributed by atoms with van der Waals surface area (Å²) in [5, 5.41) is 10.3. The molecule has 0 bridgehead atoms. The molecule has 1 aliphatic heterocycles. The van der Waals surface area contributed by atoms with Crippen molar-refractivity contribution in [1.29, 1.82) is 0 Å². The van der Waals surface area contributed by atoms with E-state index in [1.807, 2.05) is 11.3 Å². The maximum absolute atomic E-state index is 5.43. The Balaban J connectivity index is 1.11. The van der Waals surface area contributed by atoms with Crippen LogP contribution in [0.4, 0.5) is 5.69 Å². The lowest BCUT2D eigenvalue weighted by atomic mass is 9.94. The molecule has 4 heteroatoms. The van der Waals surface area contributed by atoms with E-state index in [9.17, 15) is 0 Å². The van der Waals surface area contributed by atoms with E-state index in [0.29, 0.717) is 0 Å². The number of benzene rings is 9. The van der Waals surface area contributed by atoms with E-state index in [1.165, 1.54) is 80.3 Å². The van der Waals surface area contributed by atoms with Crippen LogP contribution in [0.25, 0.3) is 80.3 Å². The number of thiophene rings is 1. The Morgan fingerprint density at radius 1 is 0.474 bits per heavy atom. The predicted molar refractivity (Wildman–Crippen MR) is 244 cm³/mol. The van der Waals surface area contributed by atoms with Gasteiger partial charge in [0.2, 0.25) is 0 Å². The third kappa shape index (κ3) is 4.87. The van der Waals surface area contributed by atoms with Crippen molar-refractivity contribution in [3.8, 4) is 16.8 Å². The first-order valence-corrected chi connectivity index (χ1v) is 20.4. The van der Waals surface area contributed by atoms with Crippen LogP contribution in [0, 0.1) is 0 Å². The van der Waals surface area contributed by atoms with E-state index < -0.39 is 0 Å². The molecule has 1 atom stereocenters. The van der Waals surface area contributed by atoms with Crippen LogP contribution in [-0.4, -0.2) is 17.3 Å². The van der Waals surface area contributed by atoms with Gasteiger partial charge >= 0.3 is 0 Å². The highest BCUT2D eigenvalue weighted by molar-refractivity contribution is 7.26. The summed E-state index contributed by atoms with van der Waals surface area (Å²) < 4.78 is 5.11. The maximum Gasteiger partial charge on any atom is 0.147 e. The normalized spacial score (nSPS) is 14.3. The van der Waals surface area contributed by atoms with Crippen molar-refractivity contribution in [2.24, 2.45) is 4.99 Å². The van der Waals surface area contributed by atoms with Crippen molar-refractivity contribution < 1.29 is 0 Å². The molecule has 1 unspecified atom stereocenters. The van der Waals surface area contributed by atoms with Gasteiger partial charge in [-0.3, -0.25) is 4.99 Å². The molecule has 0 radical (unpaired) electrons. The van der Waals surface area contributed by atoms with Crippen LogP contribution < -0.4 is 4.90 Å². The van der Waals surface area contributed by atoms with Crippen LogP contribution in [0.2, 0.25) is 0 Å². The minimum Gasteiger partial charge on any atom is -0.349 e. The summed E-state index contributed by atoms with van der Waals surface area (Å²) in [6, 6.07) is 68.8. The molecule has 9 aromatic carbocycles. The third-order valence-electron chi connectivity index (χ3n) is 12.0. The highest BCUT2D eigenvalue weighted by Gasteiger charge is 2.28. The van der Waals surface area contributed by atoms with Gasteiger partial charge in [0.1, 0.15) is 6.17 Å². The minimum atomic E-state index is -0.163. The second-order valence-corrected chi connectivity index (χ2v) is 16.2. The zero-order chi connectivity index (χ0) is 37.6. The van der Waals surface area contributed by atoms with Gasteiger partial charge in [0, 0.05) is 60.5 Å². The van der Waals surface area contributed by atoms with Crippen LogP contribution in [-0.2, 0) is 0 Å². The van der Waals surface area contributed by atoms with Crippen molar-refractivity contribution in [3.05, 3.63) is 205 Å². The molecule has 11 aromatic rings. The van der Waals surface area contributed by atoms with Gasteiger partial charge in [0.05, 0.1) is 16.7 Å². The molecule has 0 fully saturated rings. The molecule has 0 saturated heterocycles. The molecule has 2 aromatic heterocycles. The Bertz CT molecular complexity index is 3410. The standard InChI is InChI=1S/C53H35N3S/c1-55-45-23-13-12-22-41(45)52(35-17-6-3-7-18-35)54-53(55)36-24-27-37(28-25-36)56-46-32-49-44(51-38-19-9-8-16-34(38)26-29-48(51)57-49)30-43(46)50-40-21-11-10-20-39(40)42(31-47(50)56)33-14-4-2-5-15-33/h2-32,53H,1H3.